The van der Waals surface area contributed by atoms with Crippen LogP contribution in [0.1, 0.15) is 23.6 Å². The van der Waals surface area contributed by atoms with Gasteiger partial charge in [-0.3, -0.25) is 10.4 Å². The molecule has 0 saturated carbocycles. The minimum atomic E-state index is 0.595. The van der Waals surface area contributed by atoms with Gasteiger partial charge in [-0.1, -0.05) is 0 Å². The Bertz CT molecular complexity index is 1030. The Hall–Kier alpha value is -3.67. The highest BCUT2D eigenvalue weighted by atomic mass is 16.5. The van der Waals surface area contributed by atoms with Gasteiger partial charge in [-0.2, -0.15) is 5.10 Å². The lowest BCUT2D eigenvalue weighted by Gasteiger charge is -2.11. The van der Waals surface area contributed by atoms with Crippen molar-refractivity contribution in [1.29, 1.82) is 0 Å². The Balaban J connectivity index is 1.83. The van der Waals surface area contributed by atoms with E-state index >= 15 is 0 Å². The van der Waals surface area contributed by atoms with Crippen molar-refractivity contribution < 1.29 is 9.47 Å². The van der Waals surface area contributed by atoms with E-state index in [0.29, 0.717) is 12.4 Å². The van der Waals surface area contributed by atoms with Gasteiger partial charge in [0.2, 0.25) is 0 Å². The molecule has 0 aliphatic carbocycles. The van der Waals surface area contributed by atoms with E-state index in [2.05, 4.69) is 15.5 Å². The van der Waals surface area contributed by atoms with Crippen molar-refractivity contribution in [3.05, 3.63) is 83.7 Å². The summed E-state index contributed by atoms with van der Waals surface area (Å²) in [7, 11) is 1.65. The molecule has 1 N–H and O–H groups in total. The van der Waals surface area contributed by atoms with E-state index in [1.807, 2.05) is 61.5 Å². The average molecular weight is 372 g/mol. The number of hydrogen-bond donors (Lipinski definition) is 1. The number of ether oxygens (including phenoxy) is 2. The van der Waals surface area contributed by atoms with Crippen LogP contribution in [0.4, 0.5) is 5.69 Å². The van der Waals surface area contributed by atoms with Gasteiger partial charge >= 0.3 is 0 Å². The number of fused-ring (bicyclic) bond motifs is 1. The van der Waals surface area contributed by atoms with Crippen molar-refractivity contribution in [3.63, 3.8) is 0 Å². The van der Waals surface area contributed by atoms with E-state index in [-0.39, 0.29) is 0 Å². The standard InChI is InChI=1S/C22H20N4O2/c1-3-28-18-8-9-20-19(14-18)21(15-4-6-17(27-2)7-5-15)25-26-22(24-20)16-10-12-23-13-11-16/h4-14H,3H2,1-2H3,(H,24,26). The zero-order chi connectivity index (χ0) is 19.3. The molecule has 6 heteroatoms. The summed E-state index contributed by atoms with van der Waals surface area (Å²) in [5.41, 5.74) is 7.47. The van der Waals surface area contributed by atoms with Gasteiger partial charge in [0.15, 0.2) is 5.84 Å². The van der Waals surface area contributed by atoms with Gasteiger partial charge in [0.05, 0.1) is 19.4 Å². The van der Waals surface area contributed by atoms with Crippen LogP contribution in [-0.2, 0) is 0 Å². The average Bonchev–Trinajstić information content (AvgIpc) is 2.94. The quantitative estimate of drug-likeness (QED) is 0.737. The number of rotatable bonds is 5. The van der Waals surface area contributed by atoms with Gasteiger partial charge in [-0.05, 0) is 61.5 Å². The molecule has 2 aromatic carbocycles. The number of amidine groups is 1. The first-order valence-corrected chi connectivity index (χ1v) is 9.03. The summed E-state index contributed by atoms with van der Waals surface area (Å²) in [5, 5.41) is 4.67. The zero-order valence-corrected chi connectivity index (χ0v) is 15.7. The van der Waals surface area contributed by atoms with Crippen LogP contribution in [0.3, 0.4) is 0 Å². The van der Waals surface area contributed by atoms with E-state index in [4.69, 9.17) is 14.5 Å². The molecule has 0 bridgehead atoms. The van der Waals surface area contributed by atoms with E-state index in [0.717, 1.165) is 39.6 Å². The predicted molar refractivity (Wildman–Crippen MR) is 110 cm³/mol. The summed E-state index contributed by atoms with van der Waals surface area (Å²) in [4.78, 5) is 8.87. The number of hydrogen-bond acceptors (Lipinski definition) is 6. The third-order valence-corrected chi connectivity index (χ3v) is 4.36. The molecule has 0 amide bonds. The van der Waals surface area contributed by atoms with Crippen LogP contribution in [0.2, 0.25) is 0 Å². The molecule has 0 saturated heterocycles. The highest BCUT2D eigenvalue weighted by Crippen LogP contribution is 2.30. The Morgan fingerprint density at radius 3 is 2.36 bits per heavy atom. The molecule has 28 heavy (non-hydrogen) atoms. The minimum absolute atomic E-state index is 0.595. The fourth-order valence-corrected chi connectivity index (χ4v) is 2.98. The van der Waals surface area contributed by atoms with Crippen molar-refractivity contribution in [2.24, 2.45) is 10.1 Å². The lowest BCUT2D eigenvalue weighted by Crippen LogP contribution is -2.19. The maximum absolute atomic E-state index is 5.69. The number of benzene rings is 2. The second kappa shape index (κ2) is 7.92. The number of methoxy groups -OCH3 is 1. The van der Waals surface area contributed by atoms with Crippen LogP contribution >= 0.6 is 0 Å². The van der Waals surface area contributed by atoms with Gasteiger partial charge in [-0.15, -0.1) is 0 Å². The summed E-state index contributed by atoms with van der Waals surface area (Å²) in [6.07, 6.45) is 3.47. The molecule has 0 radical (unpaired) electrons. The molecule has 4 rings (SSSR count). The summed E-state index contributed by atoms with van der Waals surface area (Å²) < 4.78 is 11.0. The number of nitrogens with one attached hydrogen (secondary N) is 1. The molecule has 3 aromatic rings. The Labute approximate surface area is 163 Å². The first-order valence-electron chi connectivity index (χ1n) is 9.03. The van der Waals surface area contributed by atoms with Crippen molar-refractivity contribution in [1.82, 2.24) is 10.4 Å². The van der Waals surface area contributed by atoms with E-state index in [9.17, 15) is 0 Å². The second-order valence-corrected chi connectivity index (χ2v) is 6.11. The summed E-state index contributed by atoms with van der Waals surface area (Å²) in [5.74, 6) is 2.24. The Kier molecular flexibility index (Phi) is 5.01. The molecule has 1 aliphatic rings. The van der Waals surface area contributed by atoms with Crippen LogP contribution in [0.15, 0.2) is 77.1 Å². The largest absolute Gasteiger partial charge is 0.497 e. The van der Waals surface area contributed by atoms with Crippen LogP contribution in [0.5, 0.6) is 11.5 Å². The monoisotopic (exact) mass is 372 g/mol. The van der Waals surface area contributed by atoms with Gasteiger partial charge in [0.25, 0.3) is 0 Å². The van der Waals surface area contributed by atoms with E-state index in [1.165, 1.54) is 0 Å². The SMILES string of the molecule is CCOc1ccc2c(c1)C(c1ccc(OC)cc1)=NNC(c1ccncc1)=N2. The Morgan fingerprint density at radius 1 is 0.893 bits per heavy atom. The van der Waals surface area contributed by atoms with Crippen molar-refractivity contribution >= 4 is 17.2 Å². The van der Waals surface area contributed by atoms with Gasteiger partial charge in [0.1, 0.15) is 17.2 Å². The molecule has 0 spiro atoms. The van der Waals surface area contributed by atoms with Crippen molar-refractivity contribution in [3.8, 4) is 11.5 Å². The van der Waals surface area contributed by atoms with Crippen LogP contribution < -0.4 is 14.9 Å². The zero-order valence-electron chi connectivity index (χ0n) is 15.7. The normalized spacial score (nSPS) is 12.8. The number of aromatic nitrogens is 1. The fraction of sp³-hybridized carbons (Fsp3) is 0.136. The number of hydrazone groups is 1. The maximum Gasteiger partial charge on any atom is 0.154 e. The van der Waals surface area contributed by atoms with Crippen molar-refractivity contribution in [2.45, 2.75) is 6.92 Å². The van der Waals surface area contributed by atoms with Crippen LogP contribution in [0, 0.1) is 0 Å². The molecular formula is C22H20N4O2. The maximum atomic E-state index is 5.69. The number of aliphatic imine (C=N–C) groups is 1. The predicted octanol–water partition coefficient (Wildman–Crippen LogP) is 3.92. The third-order valence-electron chi connectivity index (χ3n) is 4.36. The molecular weight excluding hydrogens is 352 g/mol. The van der Waals surface area contributed by atoms with Crippen LogP contribution in [0.25, 0.3) is 0 Å². The number of nitrogens with zero attached hydrogens (tertiary/aromatic N) is 3. The first kappa shape index (κ1) is 17.7. The molecule has 2 heterocycles. The van der Waals surface area contributed by atoms with Crippen molar-refractivity contribution in [2.75, 3.05) is 13.7 Å². The molecule has 140 valence electrons. The summed E-state index contributed by atoms with van der Waals surface area (Å²) >= 11 is 0. The van der Waals surface area contributed by atoms with E-state index in [1.54, 1.807) is 19.5 Å². The third kappa shape index (κ3) is 3.57. The van der Waals surface area contributed by atoms with Gasteiger partial charge in [0, 0.05) is 29.1 Å². The molecule has 0 unspecified atom stereocenters. The molecule has 0 atom stereocenters. The molecule has 0 fully saturated rings. The van der Waals surface area contributed by atoms with Gasteiger partial charge < -0.3 is 9.47 Å². The van der Waals surface area contributed by atoms with Crippen LogP contribution in [-0.4, -0.2) is 30.2 Å². The number of pyridine rings is 1. The van der Waals surface area contributed by atoms with E-state index < -0.39 is 0 Å². The fourth-order valence-electron chi connectivity index (χ4n) is 2.98. The Morgan fingerprint density at radius 2 is 1.64 bits per heavy atom. The topological polar surface area (TPSA) is 68.1 Å². The molecule has 1 aromatic heterocycles. The minimum Gasteiger partial charge on any atom is -0.497 e. The highest BCUT2D eigenvalue weighted by molar-refractivity contribution is 6.18. The smallest absolute Gasteiger partial charge is 0.154 e. The lowest BCUT2D eigenvalue weighted by molar-refractivity contribution is 0.340. The summed E-state index contributed by atoms with van der Waals surface area (Å²) in [6, 6.07) is 17.4. The molecule has 1 aliphatic heterocycles. The second-order valence-electron chi connectivity index (χ2n) is 6.11. The highest BCUT2D eigenvalue weighted by Gasteiger charge is 2.18. The summed E-state index contributed by atoms with van der Waals surface area (Å²) in [6.45, 7) is 2.56. The first-order chi connectivity index (χ1) is 13.8. The lowest BCUT2D eigenvalue weighted by atomic mass is 10.0. The molecule has 6 nitrogen and oxygen atoms in total. The van der Waals surface area contributed by atoms with Gasteiger partial charge in [-0.25, -0.2) is 4.99 Å².